The fourth-order valence-corrected chi connectivity index (χ4v) is 2.35. The van der Waals surface area contributed by atoms with E-state index < -0.39 is 0 Å². The van der Waals surface area contributed by atoms with Gasteiger partial charge >= 0.3 is 0 Å². The van der Waals surface area contributed by atoms with Crippen LogP contribution in [-0.4, -0.2) is 25.3 Å². The van der Waals surface area contributed by atoms with Gasteiger partial charge in [-0.05, 0) is 32.9 Å². The molecule has 0 aromatic heterocycles. The summed E-state index contributed by atoms with van der Waals surface area (Å²) in [5.74, 6) is 0.838. The van der Waals surface area contributed by atoms with Gasteiger partial charge in [-0.3, -0.25) is 0 Å². The molecule has 0 saturated carbocycles. The minimum atomic E-state index is -0.0967. The molecule has 0 amide bonds. The first-order valence-corrected chi connectivity index (χ1v) is 6.67. The Kier molecular flexibility index (Phi) is 6.53. The summed E-state index contributed by atoms with van der Waals surface area (Å²) < 4.78 is 11.0. The lowest BCUT2D eigenvalue weighted by Gasteiger charge is -2.16. The number of benzene rings is 1. The molecule has 0 heterocycles. The summed E-state index contributed by atoms with van der Waals surface area (Å²) in [5.41, 5.74) is 1.29. The first-order chi connectivity index (χ1) is 7.76. The zero-order chi connectivity index (χ0) is 11.8. The summed E-state index contributed by atoms with van der Waals surface area (Å²) in [4.78, 5) is 1.27. The zero-order valence-corrected chi connectivity index (χ0v) is 11.0. The lowest BCUT2D eigenvalue weighted by atomic mass is 10.2. The highest BCUT2D eigenvalue weighted by Gasteiger charge is 2.08. The summed E-state index contributed by atoms with van der Waals surface area (Å²) in [6.45, 7) is 7.47. The Morgan fingerprint density at radius 2 is 1.88 bits per heavy atom. The molecule has 0 bridgehead atoms. The van der Waals surface area contributed by atoms with E-state index in [-0.39, 0.29) is 6.29 Å². The van der Waals surface area contributed by atoms with Crippen LogP contribution in [0.1, 0.15) is 19.4 Å². The van der Waals surface area contributed by atoms with Gasteiger partial charge in [-0.2, -0.15) is 0 Å². The van der Waals surface area contributed by atoms with Crippen molar-refractivity contribution in [1.82, 2.24) is 0 Å². The van der Waals surface area contributed by atoms with Crippen molar-refractivity contribution >= 4 is 11.8 Å². The Hall–Kier alpha value is -0.510. The predicted octanol–water partition coefficient (Wildman–Crippen LogP) is 3.49. The van der Waals surface area contributed by atoms with Crippen LogP contribution < -0.4 is 0 Å². The molecule has 0 saturated heterocycles. The molecular weight excluding hydrogens is 220 g/mol. The molecule has 1 rings (SSSR count). The van der Waals surface area contributed by atoms with E-state index in [2.05, 4.69) is 31.2 Å². The van der Waals surface area contributed by atoms with Crippen LogP contribution in [0.3, 0.4) is 0 Å². The maximum atomic E-state index is 5.49. The molecule has 3 heteroatoms. The average molecular weight is 240 g/mol. The van der Waals surface area contributed by atoms with Crippen LogP contribution in [0.4, 0.5) is 0 Å². The molecule has 0 atom stereocenters. The van der Waals surface area contributed by atoms with Gasteiger partial charge in [-0.1, -0.05) is 17.7 Å². The lowest BCUT2D eigenvalue weighted by Crippen LogP contribution is -2.19. The predicted molar refractivity (Wildman–Crippen MR) is 68.9 cm³/mol. The molecule has 90 valence electrons. The number of ether oxygens (including phenoxy) is 2. The molecule has 0 N–H and O–H groups in total. The van der Waals surface area contributed by atoms with Crippen molar-refractivity contribution in [2.45, 2.75) is 32.0 Å². The van der Waals surface area contributed by atoms with E-state index in [1.54, 1.807) is 11.8 Å². The van der Waals surface area contributed by atoms with Gasteiger partial charge in [-0.25, -0.2) is 0 Å². The van der Waals surface area contributed by atoms with Crippen molar-refractivity contribution in [2.75, 3.05) is 19.0 Å². The van der Waals surface area contributed by atoms with Crippen molar-refractivity contribution in [1.29, 1.82) is 0 Å². The van der Waals surface area contributed by atoms with Gasteiger partial charge in [0.2, 0.25) is 0 Å². The van der Waals surface area contributed by atoms with E-state index in [1.165, 1.54) is 10.5 Å². The second-order valence-electron chi connectivity index (χ2n) is 3.47. The molecule has 2 nitrogen and oxygen atoms in total. The van der Waals surface area contributed by atoms with Gasteiger partial charge in [0, 0.05) is 23.9 Å². The summed E-state index contributed by atoms with van der Waals surface area (Å²) in [7, 11) is 0. The zero-order valence-electron chi connectivity index (χ0n) is 10.2. The van der Waals surface area contributed by atoms with E-state index in [0.717, 1.165) is 5.75 Å². The lowest BCUT2D eigenvalue weighted by molar-refractivity contribution is -0.120. The summed E-state index contributed by atoms with van der Waals surface area (Å²) >= 11 is 1.77. The molecule has 0 aliphatic heterocycles. The van der Waals surface area contributed by atoms with Crippen molar-refractivity contribution in [3.05, 3.63) is 29.8 Å². The van der Waals surface area contributed by atoms with E-state index >= 15 is 0 Å². The van der Waals surface area contributed by atoms with Gasteiger partial charge in [0.05, 0.1) is 0 Å². The second-order valence-corrected chi connectivity index (χ2v) is 4.56. The van der Waals surface area contributed by atoms with E-state index in [1.807, 2.05) is 13.8 Å². The number of hydrogen-bond donors (Lipinski definition) is 0. The standard InChI is InChI=1S/C13H20O2S/c1-4-14-13(15-5-2)10-16-12-8-6-7-11(3)9-12/h6-9,13H,4-5,10H2,1-3H3. The Balaban J connectivity index is 2.41. The fourth-order valence-electron chi connectivity index (χ4n) is 1.39. The third kappa shape index (κ3) is 5.01. The van der Waals surface area contributed by atoms with Gasteiger partial charge in [-0.15, -0.1) is 11.8 Å². The van der Waals surface area contributed by atoms with Gasteiger partial charge < -0.3 is 9.47 Å². The molecule has 0 aliphatic carbocycles. The van der Waals surface area contributed by atoms with E-state index in [4.69, 9.17) is 9.47 Å². The monoisotopic (exact) mass is 240 g/mol. The van der Waals surface area contributed by atoms with Crippen LogP contribution >= 0.6 is 11.8 Å². The van der Waals surface area contributed by atoms with E-state index in [0.29, 0.717) is 13.2 Å². The Labute approximate surface area is 102 Å². The fraction of sp³-hybridized carbons (Fsp3) is 0.538. The highest BCUT2D eigenvalue weighted by Crippen LogP contribution is 2.20. The SMILES string of the molecule is CCOC(CSc1cccc(C)c1)OCC. The summed E-state index contributed by atoms with van der Waals surface area (Å²) in [6.07, 6.45) is -0.0967. The number of aryl methyl sites for hydroxylation is 1. The van der Waals surface area contributed by atoms with Gasteiger partial charge in [0.15, 0.2) is 6.29 Å². The van der Waals surface area contributed by atoms with Crippen LogP contribution in [0, 0.1) is 6.92 Å². The Morgan fingerprint density at radius 3 is 2.44 bits per heavy atom. The number of hydrogen-bond acceptors (Lipinski definition) is 3. The highest BCUT2D eigenvalue weighted by molar-refractivity contribution is 7.99. The van der Waals surface area contributed by atoms with Crippen LogP contribution in [0.5, 0.6) is 0 Å². The molecule has 0 aliphatic rings. The number of rotatable bonds is 7. The largest absolute Gasteiger partial charge is 0.352 e. The van der Waals surface area contributed by atoms with Crippen molar-refractivity contribution in [3.8, 4) is 0 Å². The first kappa shape index (κ1) is 13.6. The van der Waals surface area contributed by atoms with Crippen LogP contribution in [0.2, 0.25) is 0 Å². The summed E-state index contributed by atoms with van der Waals surface area (Å²) in [5, 5.41) is 0. The average Bonchev–Trinajstić information content (AvgIpc) is 2.27. The first-order valence-electron chi connectivity index (χ1n) is 5.69. The molecule has 16 heavy (non-hydrogen) atoms. The van der Waals surface area contributed by atoms with Gasteiger partial charge in [0.1, 0.15) is 0 Å². The summed E-state index contributed by atoms with van der Waals surface area (Å²) in [6, 6.07) is 8.48. The maximum Gasteiger partial charge on any atom is 0.166 e. The van der Waals surface area contributed by atoms with Crippen LogP contribution in [0.25, 0.3) is 0 Å². The maximum absolute atomic E-state index is 5.49. The minimum Gasteiger partial charge on any atom is -0.352 e. The third-order valence-corrected chi connectivity index (χ3v) is 3.11. The molecule has 0 radical (unpaired) electrons. The Morgan fingerprint density at radius 1 is 1.19 bits per heavy atom. The van der Waals surface area contributed by atoms with Crippen molar-refractivity contribution in [3.63, 3.8) is 0 Å². The van der Waals surface area contributed by atoms with E-state index in [9.17, 15) is 0 Å². The molecule has 1 aromatic carbocycles. The molecule has 0 fully saturated rings. The third-order valence-electron chi connectivity index (χ3n) is 2.08. The molecular formula is C13H20O2S. The quantitative estimate of drug-likeness (QED) is 0.537. The van der Waals surface area contributed by atoms with Crippen molar-refractivity contribution in [2.24, 2.45) is 0 Å². The van der Waals surface area contributed by atoms with Crippen LogP contribution in [0.15, 0.2) is 29.2 Å². The van der Waals surface area contributed by atoms with Gasteiger partial charge in [0.25, 0.3) is 0 Å². The minimum absolute atomic E-state index is 0.0967. The smallest absolute Gasteiger partial charge is 0.166 e. The van der Waals surface area contributed by atoms with Crippen LogP contribution in [-0.2, 0) is 9.47 Å². The normalized spacial score (nSPS) is 11.0. The second kappa shape index (κ2) is 7.71. The molecule has 0 unspecified atom stereocenters. The number of thioether (sulfide) groups is 1. The topological polar surface area (TPSA) is 18.5 Å². The van der Waals surface area contributed by atoms with Crippen molar-refractivity contribution < 1.29 is 9.47 Å². The molecule has 0 spiro atoms. The highest BCUT2D eigenvalue weighted by atomic mass is 32.2. The molecule has 1 aromatic rings. The Bertz CT molecular complexity index is 296.